The number of esters is 1. The second-order valence-electron chi connectivity index (χ2n) is 4.28. The van der Waals surface area contributed by atoms with E-state index in [4.69, 9.17) is 9.84 Å². The minimum absolute atomic E-state index is 0.0000912. The van der Waals surface area contributed by atoms with Gasteiger partial charge in [0.2, 0.25) is 0 Å². The van der Waals surface area contributed by atoms with Gasteiger partial charge in [0.25, 0.3) is 0 Å². The van der Waals surface area contributed by atoms with Crippen molar-refractivity contribution < 1.29 is 34.4 Å². The molecule has 0 saturated heterocycles. The van der Waals surface area contributed by atoms with Crippen molar-refractivity contribution in [2.45, 2.75) is 25.6 Å². The molecule has 7 nitrogen and oxygen atoms in total. The van der Waals surface area contributed by atoms with Crippen molar-refractivity contribution in [3.05, 3.63) is 29.3 Å². The van der Waals surface area contributed by atoms with Gasteiger partial charge in [-0.15, -0.1) is 0 Å². The Kier molecular flexibility index (Phi) is 6.13. The molecule has 2 atom stereocenters. The van der Waals surface area contributed by atoms with Gasteiger partial charge in [0.15, 0.2) is 0 Å². The van der Waals surface area contributed by atoms with Gasteiger partial charge in [-0.1, -0.05) is 6.07 Å². The first-order valence-electron chi connectivity index (χ1n) is 6.33. The number of aromatic carboxylic acids is 1. The fourth-order valence-electron chi connectivity index (χ4n) is 1.82. The highest BCUT2D eigenvalue weighted by atomic mass is 16.5. The van der Waals surface area contributed by atoms with E-state index in [1.165, 1.54) is 25.3 Å². The summed E-state index contributed by atoms with van der Waals surface area (Å²) in [4.78, 5) is 22.5. The number of carboxylic acids is 1. The zero-order valence-corrected chi connectivity index (χ0v) is 11.8. The van der Waals surface area contributed by atoms with Crippen molar-refractivity contribution in [3.8, 4) is 5.75 Å². The van der Waals surface area contributed by atoms with E-state index in [0.717, 1.165) is 0 Å². The average Bonchev–Trinajstić information content (AvgIpc) is 2.45. The Morgan fingerprint density at radius 2 is 1.95 bits per heavy atom. The van der Waals surface area contributed by atoms with E-state index in [2.05, 4.69) is 4.74 Å². The highest BCUT2D eigenvalue weighted by Crippen LogP contribution is 2.26. The van der Waals surface area contributed by atoms with Crippen LogP contribution >= 0.6 is 0 Å². The molecule has 116 valence electrons. The fraction of sp³-hybridized carbons (Fsp3) is 0.429. The highest BCUT2D eigenvalue weighted by Gasteiger charge is 2.26. The standard InChI is InChI=1S/C14H18O7/c1-3-21-12(16)7-11(15)13(17)9-5-4-8(20-2)6-10(9)14(18)19/h4-6,11,13,15,17H,3,7H2,1-2H3,(H,18,19). The van der Waals surface area contributed by atoms with Gasteiger partial charge in [0.05, 0.1) is 31.8 Å². The molecular weight excluding hydrogens is 280 g/mol. The summed E-state index contributed by atoms with van der Waals surface area (Å²) in [7, 11) is 1.38. The third kappa shape index (κ3) is 4.44. The highest BCUT2D eigenvalue weighted by molar-refractivity contribution is 5.90. The molecule has 7 heteroatoms. The van der Waals surface area contributed by atoms with Gasteiger partial charge in [-0.3, -0.25) is 4.79 Å². The number of carbonyl (C=O) groups is 2. The van der Waals surface area contributed by atoms with Crippen molar-refractivity contribution in [1.29, 1.82) is 0 Å². The van der Waals surface area contributed by atoms with Gasteiger partial charge in [-0.25, -0.2) is 4.79 Å². The quantitative estimate of drug-likeness (QED) is 0.636. The Labute approximate surface area is 121 Å². The van der Waals surface area contributed by atoms with E-state index in [1.807, 2.05) is 0 Å². The molecule has 0 heterocycles. The fourth-order valence-corrected chi connectivity index (χ4v) is 1.82. The summed E-state index contributed by atoms with van der Waals surface area (Å²) in [5.74, 6) is -1.64. The molecule has 1 aromatic carbocycles. The van der Waals surface area contributed by atoms with Crippen LogP contribution in [0.5, 0.6) is 5.75 Å². The number of aliphatic hydroxyl groups is 2. The van der Waals surface area contributed by atoms with Crippen LogP contribution in [0, 0.1) is 0 Å². The van der Waals surface area contributed by atoms with Crippen molar-refractivity contribution in [3.63, 3.8) is 0 Å². The monoisotopic (exact) mass is 298 g/mol. The van der Waals surface area contributed by atoms with Gasteiger partial charge in [-0.05, 0) is 24.6 Å². The summed E-state index contributed by atoms with van der Waals surface area (Å²) in [5.41, 5.74) is -0.204. The molecule has 0 spiro atoms. The number of hydrogen-bond acceptors (Lipinski definition) is 6. The summed E-state index contributed by atoms with van der Waals surface area (Å²) >= 11 is 0. The maximum Gasteiger partial charge on any atom is 0.336 e. The van der Waals surface area contributed by atoms with Crippen LogP contribution in [0.25, 0.3) is 0 Å². The molecular formula is C14H18O7. The smallest absolute Gasteiger partial charge is 0.336 e. The zero-order chi connectivity index (χ0) is 16.0. The summed E-state index contributed by atoms with van der Waals surface area (Å²) in [6.07, 6.45) is -3.41. The van der Waals surface area contributed by atoms with Gasteiger partial charge >= 0.3 is 11.9 Å². The second-order valence-corrected chi connectivity index (χ2v) is 4.28. The lowest BCUT2D eigenvalue weighted by Crippen LogP contribution is -2.24. The average molecular weight is 298 g/mol. The number of carbonyl (C=O) groups excluding carboxylic acids is 1. The van der Waals surface area contributed by atoms with E-state index < -0.39 is 30.6 Å². The van der Waals surface area contributed by atoms with Crippen molar-refractivity contribution in [2.24, 2.45) is 0 Å². The van der Waals surface area contributed by atoms with Crippen molar-refractivity contribution in [1.82, 2.24) is 0 Å². The Morgan fingerprint density at radius 1 is 1.29 bits per heavy atom. The van der Waals surface area contributed by atoms with E-state index in [9.17, 15) is 19.8 Å². The minimum Gasteiger partial charge on any atom is -0.497 e. The molecule has 1 aromatic rings. The Balaban J connectivity index is 2.97. The van der Waals surface area contributed by atoms with Crippen LogP contribution in [-0.4, -0.2) is 47.1 Å². The normalized spacial score (nSPS) is 13.3. The van der Waals surface area contributed by atoms with E-state index >= 15 is 0 Å². The number of benzene rings is 1. The van der Waals surface area contributed by atoms with Gasteiger partial charge < -0.3 is 24.8 Å². The Morgan fingerprint density at radius 3 is 2.48 bits per heavy atom. The molecule has 0 amide bonds. The molecule has 2 unspecified atom stereocenters. The third-order valence-electron chi connectivity index (χ3n) is 2.86. The maximum absolute atomic E-state index is 11.3. The summed E-state index contributed by atoms with van der Waals surface area (Å²) in [6, 6.07) is 4.03. The molecule has 0 aliphatic rings. The van der Waals surface area contributed by atoms with Crippen molar-refractivity contribution in [2.75, 3.05) is 13.7 Å². The lowest BCUT2D eigenvalue weighted by atomic mass is 9.97. The summed E-state index contributed by atoms with van der Waals surface area (Å²) in [5, 5.41) is 29.0. The predicted molar refractivity (Wildman–Crippen MR) is 72.2 cm³/mol. The molecule has 21 heavy (non-hydrogen) atoms. The minimum atomic E-state index is -1.52. The van der Waals surface area contributed by atoms with Crippen molar-refractivity contribution >= 4 is 11.9 Å². The molecule has 3 N–H and O–H groups in total. The number of ether oxygens (including phenoxy) is 2. The predicted octanol–water partition coefficient (Wildman–Crippen LogP) is 0.741. The molecule has 0 aliphatic carbocycles. The van der Waals surface area contributed by atoms with Crippen LogP contribution in [0.3, 0.4) is 0 Å². The van der Waals surface area contributed by atoms with E-state index in [-0.39, 0.29) is 17.7 Å². The first-order valence-corrected chi connectivity index (χ1v) is 6.33. The maximum atomic E-state index is 11.3. The van der Waals surface area contributed by atoms with Crippen LogP contribution in [-0.2, 0) is 9.53 Å². The molecule has 0 saturated carbocycles. The number of rotatable bonds is 7. The lowest BCUT2D eigenvalue weighted by Gasteiger charge is -2.19. The topological polar surface area (TPSA) is 113 Å². The van der Waals surface area contributed by atoms with Crippen LogP contribution in [0.15, 0.2) is 18.2 Å². The molecule has 0 aromatic heterocycles. The summed E-state index contributed by atoms with van der Waals surface area (Å²) < 4.78 is 9.58. The van der Waals surface area contributed by atoms with Gasteiger partial charge in [0, 0.05) is 0 Å². The van der Waals surface area contributed by atoms with E-state index in [1.54, 1.807) is 6.92 Å². The first-order chi connectivity index (χ1) is 9.90. The molecule has 0 bridgehead atoms. The molecule has 0 radical (unpaired) electrons. The number of methoxy groups -OCH3 is 1. The number of aliphatic hydroxyl groups excluding tert-OH is 2. The Bertz CT molecular complexity index is 512. The molecule has 1 rings (SSSR count). The first kappa shape index (κ1) is 16.9. The third-order valence-corrected chi connectivity index (χ3v) is 2.86. The second kappa shape index (κ2) is 7.61. The zero-order valence-electron chi connectivity index (χ0n) is 11.8. The van der Waals surface area contributed by atoms with Crippen LogP contribution < -0.4 is 4.74 Å². The number of carboxylic acid groups (broad SMARTS) is 1. The van der Waals surface area contributed by atoms with Gasteiger partial charge in [0.1, 0.15) is 11.9 Å². The van der Waals surface area contributed by atoms with Crippen LogP contribution in [0.2, 0.25) is 0 Å². The number of hydrogen-bond donors (Lipinski definition) is 3. The van der Waals surface area contributed by atoms with E-state index in [0.29, 0.717) is 5.75 Å². The van der Waals surface area contributed by atoms with Crippen LogP contribution in [0.4, 0.5) is 0 Å². The largest absolute Gasteiger partial charge is 0.497 e. The SMILES string of the molecule is CCOC(=O)CC(O)C(O)c1ccc(OC)cc1C(=O)O. The molecule has 0 fully saturated rings. The van der Waals surface area contributed by atoms with Gasteiger partial charge in [-0.2, -0.15) is 0 Å². The van der Waals surface area contributed by atoms with Crippen LogP contribution in [0.1, 0.15) is 35.4 Å². The Hall–Kier alpha value is -2.12. The lowest BCUT2D eigenvalue weighted by molar-refractivity contribution is -0.147. The molecule has 0 aliphatic heterocycles. The summed E-state index contributed by atoms with van der Waals surface area (Å²) in [6.45, 7) is 1.78.